The first kappa shape index (κ1) is 14.3. The van der Waals surface area contributed by atoms with Crippen LogP contribution in [-0.2, 0) is 4.79 Å². The molecule has 1 rings (SSSR count). The molecule has 1 N–H and O–H groups in total. The molecule has 0 aromatic heterocycles. The van der Waals surface area contributed by atoms with Crippen molar-refractivity contribution in [3.63, 3.8) is 0 Å². The third-order valence-electron chi connectivity index (χ3n) is 3.17. The smallest absolute Gasteiger partial charge is 0.331 e. The van der Waals surface area contributed by atoms with Crippen LogP contribution in [0, 0.1) is 11.8 Å². The third kappa shape index (κ3) is 3.87. The van der Waals surface area contributed by atoms with E-state index in [4.69, 9.17) is 0 Å². The lowest BCUT2D eigenvalue weighted by Crippen LogP contribution is -2.53. The van der Waals surface area contributed by atoms with Gasteiger partial charge < -0.3 is 10.2 Å². The van der Waals surface area contributed by atoms with E-state index in [1.165, 1.54) is 0 Å². The van der Waals surface area contributed by atoms with Gasteiger partial charge in [0.15, 0.2) is 0 Å². The van der Waals surface area contributed by atoms with E-state index in [1.54, 1.807) is 20.8 Å². The van der Waals surface area contributed by atoms with Crippen LogP contribution in [0.4, 0.5) is 13.2 Å². The summed E-state index contributed by atoms with van der Waals surface area (Å²) in [5, 5.41) is 3.02. The topological polar surface area (TPSA) is 32.3 Å². The van der Waals surface area contributed by atoms with Crippen LogP contribution in [0.1, 0.15) is 20.8 Å². The number of carbonyl (C=O) groups excluding carboxylic acids is 1. The molecule has 0 saturated carbocycles. The Balaban J connectivity index is 2.65. The molecule has 0 aliphatic carbocycles. The molecule has 0 bridgehead atoms. The number of nitrogens with one attached hydrogen (secondary N) is 1. The van der Waals surface area contributed by atoms with Crippen molar-refractivity contribution >= 4 is 5.91 Å². The average Bonchev–Trinajstić information content (AvgIpc) is 2.08. The predicted octanol–water partition coefficient (Wildman–Crippen LogP) is 1.64. The fraction of sp³-hybridized carbons (Fsp3) is 0.909. The molecule has 0 aromatic carbocycles. The second kappa shape index (κ2) is 5.25. The molecule has 0 spiro atoms. The van der Waals surface area contributed by atoms with Crippen molar-refractivity contribution in [2.24, 2.45) is 11.8 Å². The van der Waals surface area contributed by atoms with E-state index in [9.17, 15) is 18.0 Å². The van der Waals surface area contributed by atoms with Gasteiger partial charge in [-0.05, 0) is 32.9 Å². The molecule has 1 saturated heterocycles. The van der Waals surface area contributed by atoms with Gasteiger partial charge in [-0.1, -0.05) is 6.92 Å². The number of hydrogen-bond acceptors (Lipinski definition) is 2. The van der Waals surface area contributed by atoms with Crippen LogP contribution in [0.2, 0.25) is 0 Å². The standard InChI is InChI=1S/C11H19F3N2O/c1-7(2)16(6-11(12,13)14)10(17)8(3)9-4-15-5-9/h7-9,15H,4-6H2,1-3H3. The summed E-state index contributed by atoms with van der Waals surface area (Å²) in [5.74, 6) is -0.582. The van der Waals surface area contributed by atoms with Crippen LogP contribution in [0.5, 0.6) is 0 Å². The summed E-state index contributed by atoms with van der Waals surface area (Å²) in [6, 6.07) is -0.431. The monoisotopic (exact) mass is 252 g/mol. The molecule has 0 radical (unpaired) electrons. The Morgan fingerprint density at radius 3 is 2.18 bits per heavy atom. The van der Waals surface area contributed by atoms with Crippen molar-refractivity contribution in [1.82, 2.24) is 10.2 Å². The van der Waals surface area contributed by atoms with E-state index in [-0.39, 0.29) is 11.8 Å². The van der Waals surface area contributed by atoms with E-state index in [1.807, 2.05) is 0 Å². The summed E-state index contributed by atoms with van der Waals surface area (Å²) in [4.78, 5) is 12.9. The lowest BCUT2D eigenvalue weighted by molar-refractivity contribution is -0.168. The van der Waals surface area contributed by atoms with Crippen molar-refractivity contribution in [3.05, 3.63) is 0 Å². The van der Waals surface area contributed by atoms with Gasteiger partial charge in [0, 0.05) is 12.0 Å². The highest BCUT2D eigenvalue weighted by molar-refractivity contribution is 5.79. The first-order valence-corrected chi connectivity index (χ1v) is 5.80. The average molecular weight is 252 g/mol. The highest BCUT2D eigenvalue weighted by atomic mass is 19.4. The Morgan fingerprint density at radius 2 is 1.88 bits per heavy atom. The van der Waals surface area contributed by atoms with Gasteiger partial charge in [0.1, 0.15) is 6.54 Å². The van der Waals surface area contributed by atoms with Crippen molar-refractivity contribution in [1.29, 1.82) is 0 Å². The van der Waals surface area contributed by atoms with Crippen molar-refractivity contribution in [2.75, 3.05) is 19.6 Å². The van der Waals surface area contributed by atoms with Gasteiger partial charge in [0.2, 0.25) is 5.91 Å². The van der Waals surface area contributed by atoms with E-state index < -0.39 is 24.7 Å². The fourth-order valence-corrected chi connectivity index (χ4v) is 1.84. The quantitative estimate of drug-likeness (QED) is 0.825. The summed E-state index contributed by atoms with van der Waals surface area (Å²) in [5.41, 5.74) is 0. The first-order chi connectivity index (χ1) is 7.72. The Hall–Kier alpha value is -0.780. The molecule has 17 heavy (non-hydrogen) atoms. The number of rotatable bonds is 4. The fourth-order valence-electron chi connectivity index (χ4n) is 1.84. The third-order valence-corrected chi connectivity index (χ3v) is 3.17. The SMILES string of the molecule is CC(C(=O)N(CC(F)(F)F)C(C)C)C1CNC1. The van der Waals surface area contributed by atoms with Crippen molar-refractivity contribution < 1.29 is 18.0 Å². The molecule has 1 atom stereocenters. The van der Waals surface area contributed by atoms with Crippen LogP contribution >= 0.6 is 0 Å². The van der Waals surface area contributed by atoms with Crippen LogP contribution in [-0.4, -0.2) is 42.7 Å². The van der Waals surface area contributed by atoms with Gasteiger partial charge >= 0.3 is 6.18 Å². The Bertz CT molecular complexity index is 274. The minimum absolute atomic E-state index is 0.164. The van der Waals surface area contributed by atoms with Gasteiger partial charge in [-0.15, -0.1) is 0 Å². The van der Waals surface area contributed by atoms with Gasteiger partial charge in [-0.2, -0.15) is 13.2 Å². The van der Waals surface area contributed by atoms with E-state index in [0.717, 1.165) is 4.90 Å². The van der Waals surface area contributed by atoms with E-state index >= 15 is 0 Å². The minimum Gasteiger partial charge on any atom is -0.331 e. The van der Waals surface area contributed by atoms with Crippen LogP contribution in [0.25, 0.3) is 0 Å². The summed E-state index contributed by atoms with van der Waals surface area (Å²) < 4.78 is 37.1. The van der Waals surface area contributed by atoms with Gasteiger partial charge in [-0.3, -0.25) is 4.79 Å². The van der Waals surface area contributed by atoms with Crippen molar-refractivity contribution in [2.45, 2.75) is 33.0 Å². The molecule has 3 nitrogen and oxygen atoms in total. The maximum Gasteiger partial charge on any atom is 0.406 e. The molecule has 1 aliphatic rings. The second-order valence-corrected chi connectivity index (χ2v) is 4.88. The molecule has 0 aromatic rings. The second-order valence-electron chi connectivity index (χ2n) is 4.88. The highest BCUT2D eigenvalue weighted by Crippen LogP contribution is 2.23. The molecule has 100 valence electrons. The zero-order valence-corrected chi connectivity index (χ0v) is 10.3. The number of halogens is 3. The van der Waals surface area contributed by atoms with Gasteiger partial charge in [0.05, 0.1) is 0 Å². The number of carbonyl (C=O) groups is 1. The summed E-state index contributed by atoms with van der Waals surface area (Å²) >= 11 is 0. The molecular weight excluding hydrogens is 233 g/mol. The summed E-state index contributed by atoms with van der Waals surface area (Å²) in [7, 11) is 0. The zero-order valence-electron chi connectivity index (χ0n) is 10.3. The first-order valence-electron chi connectivity index (χ1n) is 5.80. The number of alkyl halides is 3. The predicted molar refractivity (Wildman–Crippen MR) is 58.4 cm³/mol. The van der Waals surface area contributed by atoms with Crippen LogP contribution < -0.4 is 5.32 Å². The molecule has 6 heteroatoms. The van der Waals surface area contributed by atoms with Crippen LogP contribution in [0.15, 0.2) is 0 Å². The Kier molecular flexibility index (Phi) is 4.41. The molecule has 1 heterocycles. The van der Waals surface area contributed by atoms with E-state index in [2.05, 4.69) is 5.32 Å². The highest BCUT2D eigenvalue weighted by Gasteiger charge is 2.38. The molecule has 1 fully saturated rings. The molecule has 1 aliphatic heterocycles. The van der Waals surface area contributed by atoms with E-state index in [0.29, 0.717) is 13.1 Å². The maximum absolute atomic E-state index is 12.4. The maximum atomic E-state index is 12.4. The lowest BCUT2D eigenvalue weighted by atomic mass is 9.87. The van der Waals surface area contributed by atoms with Gasteiger partial charge in [0.25, 0.3) is 0 Å². The number of nitrogens with zero attached hydrogens (tertiary/aromatic N) is 1. The summed E-state index contributed by atoms with van der Waals surface area (Å²) in [6.45, 7) is 5.19. The Labute approximate surface area is 99.4 Å². The summed E-state index contributed by atoms with van der Waals surface area (Å²) in [6.07, 6.45) is -4.34. The molecule has 1 unspecified atom stereocenters. The normalized spacial score (nSPS) is 19.0. The molecule has 1 amide bonds. The van der Waals surface area contributed by atoms with Crippen LogP contribution in [0.3, 0.4) is 0 Å². The van der Waals surface area contributed by atoms with Gasteiger partial charge in [-0.25, -0.2) is 0 Å². The lowest BCUT2D eigenvalue weighted by Gasteiger charge is -2.36. The largest absolute Gasteiger partial charge is 0.406 e. The van der Waals surface area contributed by atoms with Crippen molar-refractivity contribution in [3.8, 4) is 0 Å². The minimum atomic E-state index is -4.34. The number of hydrogen-bond donors (Lipinski definition) is 1. The Morgan fingerprint density at radius 1 is 1.35 bits per heavy atom. The zero-order chi connectivity index (χ0) is 13.2. The number of amides is 1. The molecular formula is C11H19F3N2O.